The van der Waals surface area contributed by atoms with E-state index in [-0.39, 0.29) is 5.91 Å². The van der Waals surface area contributed by atoms with Crippen LogP contribution in [-0.2, 0) is 4.79 Å². The van der Waals surface area contributed by atoms with Crippen molar-refractivity contribution in [2.45, 2.75) is 6.92 Å². The summed E-state index contributed by atoms with van der Waals surface area (Å²) in [7, 11) is 0. The van der Waals surface area contributed by atoms with E-state index in [9.17, 15) is 4.79 Å². The zero-order valence-corrected chi connectivity index (χ0v) is 12.7. The van der Waals surface area contributed by atoms with Gasteiger partial charge in [-0.1, -0.05) is 0 Å². The molecular formula is C16H14N4OS. The minimum Gasteiger partial charge on any atom is -0.332 e. The second-order valence-corrected chi connectivity index (χ2v) is 5.52. The number of carbonyl (C=O) groups is 1. The zero-order chi connectivity index (χ0) is 15.4. The van der Waals surface area contributed by atoms with Crippen LogP contribution in [0, 0.1) is 0 Å². The summed E-state index contributed by atoms with van der Waals surface area (Å²) in [5.74, 6) is -0.0809. The molecule has 0 saturated heterocycles. The molecular weight excluding hydrogens is 296 g/mol. The van der Waals surface area contributed by atoms with E-state index in [0.29, 0.717) is 0 Å². The summed E-state index contributed by atoms with van der Waals surface area (Å²) < 4.78 is 0. The molecule has 22 heavy (non-hydrogen) atoms. The number of pyridine rings is 1. The third kappa shape index (κ3) is 3.48. The normalized spacial score (nSPS) is 10.2. The Balaban J connectivity index is 1.71. The van der Waals surface area contributed by atoms with Gasteiger partial charge in [-0.25, -0.2) is 4.98 Å². The van der Waals surface area contributed by atoms with Gasteiger partial charge >= 0.3 is 0 Å². The largest absolute Gasteiger partial charge is 0.332 e. The van der Waals surface area contributed by atoms with Gasteiger partial charge in [0.15, 0.2) is 5.13 Å². The molecule has 0 aliphatic carbocycles. The second-order valence-electron chi connectivity index (χ2n) is 4.66. The summed E-state index contributed by atoms with van der Waals surface area (Å²) in [6, 6.07) is 11.4. The Hall–Kier alpha value is -2.73. The molecule has 0 aliphatic heterocycles. The highest BCUT2D eigenvalue weighted by atomic mass is 32.1. The smallest absolute Gasteiger partial charge is 0.221 e. The average molecular weight is 310 g/mol. The first kappa shape index (κ1) is 14.2. The van der Waals surface area contributed by atoms with Gasteiger partial charge in [0.2, 0.25) is 5.91 Å². The monoisotopic (exact) mass is 310 g/mol. The number of nitrogens with one attached hydrogen (secondary N) is 2. The molecule has 3 rings (SSSR count). The van der Waals surface area contributed by atoms with E-state index in [1.165, 1.54) is 6.92 Å². The fourth-order valence-corrected chi connectivity index (χ4v) is 2.69. The third-order valence-electron chi connectivity index (χ3n) is 2.94. The molecule has 110 valence electrons. The van der Waals surface area contributed by atoms with Gasteiger partial charge in [-0.3, -0.25) is 9.78 Å². The summed E-state index contributed by atoms with van der Waals surface area (Å²) in [5, 5.41) is 8.81. The molecule has 1 aromatic carbocycles. The van der Waals surface area contributed by atoms with E-state index in [1.807, 2.05) is 41.8 Å². The number of nitrogens with zero attached hydrogens (tertiary/aromatic N) is 2. The molecule has 1 amide bonds. The summed E-state index contributed by atoms with van der Waals surface area (Å²) >= 11 is 1.54. The van der Waals surface area contributed by atoms with Gasteiger partial charge in [0.25, 0.3) is 0 Å². The maximum Gasteiger partial charge on any atom is 0.221 e. The van der Waals surface area contributed by atoms with Crippen LogP contribution in [0.15, 0.2) is 54.2 Å². The zero-order valence-electron chi connectivity index (χ0n) is 11.9. The molecule has 6 heteroatoms. The third-order valence-corrected chi connectivity index (χ3v) is 3.69. The van der Waals surface area contributed by atoms with E-state index in [4.69, 9.17) is 0 Å². The molecule has 2 N–H and O–H groups in total. The molecule has 3 aromatic rings. The minimum atomic E-state index is -0.0809. The van der Waals surface area contributed by atoms with E-state index < -0.39 is 0 Å². The van der Waals surface area contributed by atoms with Crippen molar-refractivity contribution in [2.24, 2.45) is 0 Å². The SMILES string of the molecule is CC(=O)Nc1ccc(Nc2nc(-c3ccncc3)cs2)cc1. The molecule has 0 saturated carbocycles. The molecule has 0 aliphatic rings. The first-order chi connectivity index (χ1) is 10.7. The van der Waals surface area contributed by atoms with Crippen molar-refractivity contribution in [3.63, 3.8) is 0 Å². The number of rotatable bonds is 4. The molecule has 0 unspecified atom stereocenters. The van der Waals surface area contributed by atoms with Crippen molar-refractivity contribution in [3.05, 3.63) is 54.2 Å². The van der Waals surface area contributed by atoms with Gasteiger partial charge in [0, 0.05) is 41.6 Å². The predicted octanol–water partition coefficient (Wildman–Crippen LogP) is 3.91. The first-order valence-electron chi connectivity index (χ1n) is 6.71. The van der Waals surface area contributed by atoms with Crippen LogP contribution in [0.1, 0.15) is 6.92 Å². The number of aromatic nitrogens is 2. The second kappa shape index (κ2) is 6.36. The lowest BCUT2D eigenvalue weighted by Gasteiger charge is -2.05. The first-order valence-corrected chi connectivity index (χ1v) is 7.59. The van der Waals surface area contributed by atoms with Crippen LogP contribution >= 0.6 is 11.3 Å². The van der Waals surface area contributed by atoms with Crippen LogP contribution in [0.2, 0.25) is 0 Å². The Morgan fingerprint density at radius 2 is 1.73 bits per heavy atom. The number of amides is 1. The number of thiazole rings is 1. The van der Waals surface area contributed by atoms with Gasteiger partial charge in [0.05, 0.1) is 5.69 Å². The molecule has 0 fully saturated rings. The van der Waals surface area contributed by atoms with E-state index >= 15 is 0 Å². The lowest BCUT2D eigenvalue weighted by Crippen LogP contribution is -2.05. The number of carbonyl (C=O) groups excluding carboxylic acids is 1. The molecule has 0 radical (unpaired) electrons. The van der Waals surface area contributed by atoms with Gasteiger partial charge in [-0.15, -0.1) is 11.3 Å². The molecule has 0 bridgehead atoms. The van der Waals surface area contributed by atoms with Crippen LogP contribution < -0.4 is 10.6 Å². The topological polar surface area (TPSA) is 66.9 Å². The molecule has 5 nitrogen and oxygen atoms in total. The Bertz CT molecular complexity index is 768. The molecule has 2 heterocycles. The maximum atomic E-state index is 11.0. The van der Waals surface area contributed by atoms with Crippen LogP contribution in [0.3, 0.4) is 0 Å². The lowest BCUT2D eigenvalue weighted by atomic mass is 10.2. The quantitative estimate of drug-likeness (QED) is 0.767. The lowest BCUT2D eigenvalue weighted by molar-refractivity contribution is -0.114. The highest BCUT2D eigenvalue weighted by Gasteiger charge is 2.04. The Labute approximate surface area is 132 Å². The van der Waals surface area contributed by atoms with Crippen molar-refractivity contribution >= 4 is 33.8 Å². The maximum absolute atomic E-state index is 11.0. The highest BCUT2D eigenvalue weighted by Crippen LogP contribution is 2.27. The summed E-state index contributed by atoms with van der Waals surface area (Å²) in [4.78, 5) is 19.5. The van der Waals surface area contributed by atoms with Crippen LogP contribution in [0.25, 0.3) is 11.3 Å². The van der Waals surface area contributed by atoms with Gasteiger partial charge in [-0.2, -0.15) is 0 Å². The highest BCUT2D eigenvalue weighted by molar-refractivity contribution is 7.14. The van der Waals surface area contributed by atoms with Gasteiger partial charge in [0.1, 0.15) is 0 Å². The van der Waals surface area contributed by atoms with Crippen molar-refractivity contribution in [2.75, 3.05) is 10.6 Å². The Morgan fingerprint density at radius 1 is 1.05 bits per heavy atom. The minimum absolute atomic E-state index is 0.0809. The summed E-state index contributed by atoms with van der Waals surface area (Å²) in [6.07, 6.45) is 3.51. The predicted molar refractivity (Wildman–Crippen MR) is 89.4 cm³/mol. The Morgan fingerprint density at radius 3 is 2.41 bits per heavy atom. The molecule has 0 atom stereocenters. The number of anilines is 3. The number of hydrogen-bond donors (Lipinski definition) is 2. The van der Waals surface area contributed by atoms with E-state index in [0.717, 1.165) is 27.8 Å². The van der Waals surface area contributed by atoms with Crippen molar-refractivity contribution in [1.29, 1.82) is 0 Å². The van der Waals surface area contributed by atoms with Crippen LogP contribution in [0.4, 0.5) is 16.5 Å². The van der Waals surface area contributed by atoms with E-state index in [1.54, 1.807) is 23.7 Å². The average Bonchev–Trinajstić information content (AvgIpc) is 2.98. The summed E-state index contributed by atoms with van der Waals surface area (Å²) in [6.45, 7) is 1.49. The molecule has 2 aromatic heterocycles. The summed E-state index contributed by atoms with van der Waals surface area (Å²) in [5.41, 5.74) is 3.66. The number of benzene rings is 1. The van der Waals surface area contributed by atoms with Crippen molar-refractivity contribution in [3.8, 4) is 11.3 Å². The van der Waals surface area contributed by atoms with Crippen molar-refractivity contribution < 1.29 is 4.79 Å². The standard InChI is InChI=1S/C16H14N4OS/c1-11(21)18-13-2-4-14(5-3-13)19-16-20-15(10-22-16)12-6-8-17-9-7-12/h2-10H,1H3,(H,18,21)(H,19,20). The number of hydrogen-bond acceptors (Lipinski definition) is 5. The van der Waals surface area contributed by atoms with Crippen LogP contribution in [-0.4, -0.2) is 15.9 Å². The van der Waals surface area contributed by atoms with Crippen LogP contribution in [0.5, 0.6) is 0 Å². The van der Waals surface area contributed by atoms with Crippen molar-refractivity contribution in [1.82, 2.24) is 9.97 Å². The van der Waals surface area contributed by atoms with E-state index in [2.05, 4.69) is 20.6 Å². The fraction of sp³-hybridized carbons (Fsp3) is 0.0625. The Kier molecular flexibility index (Phi) is 4.11. The van der Waals surface area contributed by atoms with Gasteiger partial charge in [-0.05, 0) is 36.4 Å². The molecule has 0 spiro atoms. The van der Waals surface area contributed by atoms with Gasteiger partial charge < -0.3 is 10.6 Å². The fourth-order valence-electron chi connectivity index (χ4n) is 1.95.